The standard InChI is InChI=1S/C21H27N10O11P/c22-16-10-7(1-3-24-16)31(29-28-10)19-14(35)12(33)9(41-19)5-39-43(37,38)42-15-13(34)8(2-4-32)40-20(15)30-6-25-11-17(30)26-21(23)27-18(11)36/h1,3,6,8-9,12-15,19-20,32-35H,2,4-5H2,(H2,22,24)(H,37,38)(H3,23,26,27,36)/t8-,9-,12-,13-,14-,15-,19-,20-/m1/s1. The number of hydrogen-bond acceptors (Lipinski definition) is 17. The number of pyridine rings is 1. The van der Waals surface area contributed by atoms with Gasteiger partial charge in [0.1, 0.15) is 30.5 Å². The van der Waals surface area contributed by atoms with Gasteiger partial charge in [0.25, 0.3) is 5.56 Å². The maximum atomic E-state index is 13.1. The molecule has 43 heavy (non-hydrogen) atoms. The molecule has 6 heterocycles. The van der Waals surface area contributed by atoms with Gasteiger partial charge in [0.05, 0.1) is 24.6 Å². The van der Waals surface area contributed by atoms with Gasteiger partial charge in [-0.2, -0.15) is 4.98 Å². The summed E-state index contributed by atoms with van der Waals surface area (Å²) < 4.78 is 37.3. The predicted molar refractivity (Wildman–Crippen MR) is 140 cm³/mol. The van der Waals surface area contributed by atoms with E-state index in [4.69, 9.17) is 30.0 Å². The summed E-state index contributed by atoms with van der Waals surface area (Å²) in [5.41, 5.74) is 11.2. The average Bonchev–Trinajstić information content (AvgIpc) is 3.71. The second kappa shape index (κ2) is 11.1. The molecule has 0 aromatic carbocycles. The zero-order valence-corrected chi connectivity index (χ0v) is 22.8. The number of phosphoric acid groups is 1. The van der Waals surface area contributed by atoms with Crippen molar-refractivity contribution in [1.82, 2.24) is 39.5 Å². The highest BCUT2D eigenvalue weighted by Gasteiger charge is 2.50. The Kier molecular flexibility index (Phi) is 7.62. The number of imidazole rings is 1. The number of aliphatic hydroxyl groups is 4. The van der Waals surface area contributed by atoms with Gasteiger partial charge in [-0.3, -0.25) is 23.4 Å². The predicted octanol–water partition coefficient (Wildman–Crippen LogP) is -3.11. The zero-order valence-electron chi connectivity index (χ0n) is 21.9. The Hall–Kier alpha value is -3.63. The minimum Gasteiger partial charge on any atom is -0.396 e. The number of rotatable bonds is 9. The summed E-state index contributed by atoms with van der Waals surface area (Å²) in [4.78, 5) is 37.0. The summed E-state index contributed by atoms with van der Waals surface area (Å²) in [5, 5.41) is 49.3. The van der Waals surface area contributed by atoms with Gasteiger partial charge < -0.3 is 46.3 Å². The molecule has 0 spiro atoms. The van der Waals surface area contributed by atoms with Crippen molar-refractivity contribution in [2.45, 2.75) is 55.5 Å². The van der Waals surface area contributed by atoms with Crippen LogP contribution in [0.2, 0.25) is 0 Å². The van der Waals surface area contributed by atoms with E-state index in [1.165, 1.54) is 21.5 Å². The lowest BCUT2D eigenvalue weighted by molar-refractivity contribution is -0.0640. The molecule has 4 aromatic heterocycles. The molecule has 21 nitrogen and oxygen atoms in total. The van der Waals surface area contributed by atoms with Crippen molar-refractivity contribution in [2.24, 2.45) is 0 Å². The molecule has 6 rings (SSSR count). The Bertz CT molecular complexity index is 1750. The maximum absolute atomic E-state index is 13.1. The van der Waals surface area contributed by atoms with Crippen LogP contribution < -0.4 is 17.0 Å². The van der Waals surface area contributed by atoms with Gasteiger partial charge in [-0.05, 0) is 12.5 Å². The van der Waals surface area contributed by atoms with Gasteiger partial charge in [-0.1, -0.05) is 5.21 Å². The molecule has 1 unspecified atom stereocenters. The van der Waals surface area contributed by atoms with E-state index >= 15 is 0 Å². The van der Waals surface area contributed by atoms with E-state index in [0.717, 1.165) is 6.33 Å². The number of nitrogen functional groups attached to an aromatic ring is 2. The number of nitrogens with one attached hydrogen (secondary N) is 1. The summed E-state index contributed by atoms with van der Waals surface area (Å²) in [6.45, 7) is -1.14. The number of nitrogens with two attached hydrogens (primary N) is 2. The van der Waals surface area contributed by atoms with Crippen molar-refractivity contribution in [2.75, 3.05) is 24.7 Å². The lowest BCUT2D eigenvalue weighted by atomic mass is 10.1. The van der Waals surface area contributed by atoms with E-state index in [2.05, 4.69) is 30.2 Å². The van der Waals surface area contributed by atoms with Gasteiger partial charge in [-0.15, -0.1) is 5.10 Å². The second-order valence-corrected chi connectivity index (χ2v) is 11.2. The number of hydrogen-bond donors (Lipinski definition) is 8. The molecule has 22 heteroatoms. The first kappa shape index (κ1) is 29.4. The highest BCUT2D eigenvalue weighted by atomic mass is 31.2. The van der Waals surface area contributed by atoms with Crippen LogP contribution in [-0.2, 0) is 23.1 Å². The largest absolute Gasteiger partial charge is 0.472 e. The SMILES string of the molecule is Nc1nc2c(ncn2[C@@H]2O[C@H](CCO)[C@@H](O)[C@H]2OP(=O)(O)OC[C@H]2O[C@@H](n3nnc4c(N)nccc43)[C@H](O)[C@@H]2O)c(=O)[nH]1. The number of anilines is 2. The van der Waals surface area contributed by atoms with Crippen LogP contribution in [-0.4, -0.2) is 115 Å². The Morgan fingerprint density at radius 3 is 2.60 bits per heavy atom. The summed E-state index contributed by atoms with van der Waals surface area (Å²) >= 11 is 0. The lowest BCUT2D eigenvalue weighted by Crippen LogP contribution is -2.35. The van der Waals surface area contributed by atoms with Gasteiger partial charge >= 0.3 is 7.82 Å². The number of phosphoric ester groups is 1. The van der Waals surface area contributed by atoms with Crippen LogP contribution >= 0.6 is 7.82 Å². The van der Waals surface area contributed by atoms with Crippen molar-refractivity contribution in [3.05, 3.63) is 28.9 Å². The molecule has 2 fully saturated rings. The van der Waals surface area contributed by atoms with E-state index in [9.17, 15) is 34.7 Å². The van der Waals surface area contributed by atoms with Crippen LogP contribution in [0.4, 0.5) is 11.8 Å². The van der Waals surface area contributed by atoms with Crippen LogP contribution in [0.15, 0.2) is 23.4 Å². The minimum absolute atomic E-state index is 0.0638. The first-order valence-electron chi connectivity index (χ1n) is 12.8. The van der Waals surface area contributed by atoms with Gasteiger partial charge in [0.2, 0.25) is 5.95 Å². The van der Waals surface area contributed by atoms with Crippen LogP contribution in [0.5, 0.6) is 0 Å². The van der Waals surface area contributed by atoms with Crippen LogP contribution in [0.3, 0.4) is 0 Å². The number of fused-ring (bicyclic) bond motifs is 2. The van der Waals surface area contributed by atoms with Crippen LogP contribution in [0.1, 0.15) is 18.9 Å². The average molecular weight is 626 g/mol. The molecule has 2 aliphatic heterocycles. The summed E-state index contributed by atoms with van der Waals surface area (Å²) in [5.74, 6) is -0.157. The minimum atomic E-state index is -5.05. The Labute approximate surface area is 239 Å². The molecule has 0 bridgehead atoms. The van der Waals surface area contributed by atoms with E-state index in [0.29, 0.717) is 5.52 Å². The molecular formula is C21H27N10O11P. The van der Waals surface area contributed by atoms with Crippen molar-refractivity contribution in [1.29, 1.82) is 0 Å². The monoisotopic (exact) mass is 626 g/mol. The highest BCUT2D eigenvalue weighted by Crippen LogP contribution is 2.50. The fourth-order valence-corrected chi connectivity index (χ4v) is 5.98. The van der Waals surface area contributed by atoms with Gasteiger partial charge in [0.15, 0.2) is 35.0 Å². The maximum Gasteiger partial charge on any atom is 0.472 e. The third kappa shape index (κ3) is 5.25. The third-order valence-electron chi connectivity index (χ3n) is 7.11. The second-order valence-electron chi connectivity index (χ2n) is 9.82. The van der Waals surface area contributed by atoms with E-state index < -0.39 is 75.7 Å². The fourth-order valence-electron chi connectivity index (χ4n) is 5.05. The molecule has 10 N–H and O–H groups in total. The van der Waals surface area contributed by atoms with Crippen molar-refractivity contribution < 1.29 is 48.4 Å². The first-order chi connectivity index (χ1) is 20.5. The summed E-state index contributed by atoms with van der Waals surface area (Å²) in [6.07, 6.45) is -8.84. The number of ether oxygens (including phenoxy) is 2. The van der Waals surface area contributed by atoms with Crippen LogP contribution in [0, 0.1) is 0 Å². The molecule has 0 radical (unpaired) electrons. The smallest absolute Gasteiger partial charge is 0.396 e. The first-order valence-corrected chi connectivity index (χ1v) is 14.3. The molecule has 2 aliphatic rings. The fraction of sp³-hybridized carbons (Fsp3) is 0.524. The van der Waals surface area contributed by atoms with Gasteiger partial charge in [-0.25, -0.2) is 19.2 Å². The summed E-state index contributed by atoms with van der Waals surface area (Å²) in [6, 6.07) is 1.52. The Balaban J connectivity index is 1.19. The molecule has 0 saturated carbocycles. The molecule has 2 saturated heterocycles. The normalized spacial score (nSPS) is 30.8. The zero-order chi connectivity index (χ0) is 30.6. The Morgan fingerprint density at radius 1 is 1.07 bits per heavy atom. The molecular weight excluding hydrogens is 599 g/mol. The number of H-pyrrole nitrogens is 1. The van der Waals surface area contributed by atoms with Gasteiger partial charge in [0, 0.05) is 12.8 Å². The van der Waals surface area contributed by atoms with Crippen molar-refractivity contribution in [3.8, 4) is 0 Å². The van der Waals surface area contributed by atoms with E-state index in [-0.39, 0.29) is 34.9 Å². The molecule has 4 aromatic rings. The van der Waals surface area contributed by atoms with Crippen LogP contribution in [0.25, 0.3) is 22.2 Å². The number of aromatic nitrogens is 8. The van der Waals surface area contributed by atoms with E-state index in [1.807, 2.05) is 0 Å². The van der Waals surface area contributed by atoms with Crippen molar-refractivity contribution in [3.63, 3.8) is 0 Å². The molecule has 232 valence electrons. The molecule has 9 atom stereocenters. The van der Waals surface area contributed by atoms with Crippen molar-refractivity contribution >= 4 is 41.8 Å². The Morgan fingerprint density at radius 2 is 1.84 bits per heavy atom. The lowest BCUT2D eigenvalue weighted by Gasteiger charge is -2.25. The highest BCUT2D eigenvalue weighted by molar-refractivity contribution is 7.47. The van der Waals surface area contributed by atoms with E-state index in [1.54, 1.807) is 0 Å². The summed E-state index contributed by atoms with van der Waals surface area (Å²) in [7, 11) is -5.05. The number of aliphatic hydroxyl groups excluding tert-OH is 4. The molecule has 0 aliphatic carbocycles. The number of aromatic amines is 1. The quantitative estimate of drug-likeness (QED) is 0.0852. The topological polar surface area (TPSA) is 314 Å². The third-order valence-corrected chi connectivity index (χ3v) is 8.09. The molecule has 0 amide bonds. The number of nitrogens with zero attached hydrogens (tertiary/aromatic N) is 7.